The van der Waals surface area contributed by atoms with E-state index < -0.39 is 0 Å². The monoisotopic (exact) mass is 236 g/mol. The van der Waals surface area contributed by atoms with Crippen LogP contribution in [0.15, 0.2) is 12.3 Å². The Hall–Kier alpha value is -0.870. The summed E-state index contributed by atoms with van der Waals surface area (Å²) < 4.78 is 2.17. The predicted molar refractivity (Wildman–Crippen MR) is 69.7 cm³/mol. The first-order chi connectivity index (χ1) is 8.29. The van der Waals surface area contributed by atoms with E-state index >= 15 is 0 Å². The van der Waals surface area contributed by atoms with Crippen molar-refractivity contribution in [1.29, 1.82) is 0 Å². The molecule has 0 saturated heterocycles. The molecule has 0 bridgehead atoms. The van der Waals surface area contributed by atoms with Crippen molar-refractivity contribution in [3.05, 3.63) is 18.0 Å². The Kier molecular flexibility index (Phi) is 4.57. The first kappa shape index (κ1) is 12.6. The molecule has 0 amide bonds. The summed E-state index contributed by atoms with van der Waals surface area (Å²) in [6, 6.07) is 2.80. The van der Waals surface area contributed by atoms with Gasteiger partial charge in [-0.25, -0.2) is 0 Å². The molecule has 0 spiro atoms. The molecule has 96 valence electrons. The highest BCUT2D eigenvalue weighted by Crippen LogP contribution is 2.28. The molecular weight excluding hydrogens is 212 g/mol. The van der Waals surface area contributed by atoms with Crippen molar-refractivity contribution < 1.29 is 0 Å². The Labute approximate surface area is 104 Å². The largest absolute Gasteiger partial charge is 0.330 e. The predicted octanol–water partition coefficient (Wildman–Crippen LogP) is 1.78. The number of hydrogen-bond acceptors (Lipinski definition) is 3. The summed E-state index contributed by atoms with van der Waals surface area (Å²) in [5.74, 6) is 0. The van der Waals surface area contributed by atoms with Crippen molar-refractivity contribution in [3.63, 3.8) is 0 Å². The number of rotatable bonds is 6. The van der Waals surface area contributed by atoms with Crippen molar-refractivity contribution in [3.8, 4) is 0 Å². The molecule has 1 aliphatic rings. The SMILES string of the molecule is CN(CCCN)Cc1ccn(C2CCCC2)n1. The van der Waals surface area contributed by atoms with Crippen LogP contribution in [0.25, 0.3) is 0 Å². The molecule has 0 aliphatic heterocycles. The molecular formula is C13H24N4. The smallest absolute Gasteiger partial charge is 0.0764 e. The van der Waals surface area contributed by atoms with E-state index in [-0.39, 0.29) is 0 Å². The maximum absolute atomic E-state index is 5.51. The minimum absolute atomic E-state index is 0.651. The van der Waals surface area contributed by atoms with Gasteiger partial charge in [-0.05, 0) is 45.5 Å². The van der Waals surface area contributed by atoms with E-state index in [4.69, 9.17) is 5.73 Å². The van der Waals surface area contributed by atoms with Crippen LogP contribution >= 0.6 is 0 Å². The normalized spacial score (nSPS) is 17.1. The fourth-order valence-corrected chi connectivity index (χ4v) is 2.55. The van der Waals surface area contributed by atoms with Gasteiger partial charge in [0.1, 0.15) is 0 Å². The topological polar surface area (TPSA) is 47.1 Å². The standard InChI is InChI=1S/C13H24N4/c1-16(9-4-8-14)11-12-7-10-17(15-12)13-5-2-3-6-13/h7,10,13H,2-6,8-9,11,14H2,1H3. The van der Waals surface area contributed by atoms with Gasteiger partial charge in [0.15, 0.2) is 0 Å². The zero-order chi connectivity index (χ0) is 12.1. The number of nitrogens with two attached hydrogens (primary N) is 1. The number of hydrogen-bond donors (Lipinski definition) is 1. The molecule has 1 heterocycles. The van der Waals surface area contributed by atoms with Crippen LogP contribution in [0.3, 0.4) is 0 Å². The first-order valence-electron chi connectivity index (χ1n) is 6.72. The summed E-state index contributed by atoms with van der Waals surface area (Å²) in [6.45, 7) is 2.74. The van der Waals surface area contributed by atoms with Gasteiger partial charge >= 0.3 is 0 Å². The molecule has 1 aromatic rings. The van der Waals surface area contributed by atoms with Gasteiger partial charge in [0, 0.05) is 12.7 Å². The summed E-state index contributed by atoms with van der Waals surface area (Å²) in [4.78, 5) is 2.29. The Morgan fingerprint density at radius 1 is 1.47 bits per heavy atom. The van der Waals surface area contributed by atoms with E-state index in [1.165, 1.54) is 31.4 Å². The zero-order valence-corrected chi connectivity index (χ0v) is 10.8. The molecule has 2 N–H and O–H groups in total. The number of aromatic nitrogens is 2. The van der Waals surface area contributed by atoms with Gasteiger partial charge in [-0.1, -0.05) is 12.8 Å². The molecule has 0 atom stereocenters. The van der Waals surface area contributed by atoms with Gasteiger partial charge in [-0.2, -0.15) is 5.10 Å². The van der Waals surface area contributed by atoms with E-state index in [9.17, 15) is 0 Å². The Bertz CT molecular complexity index is 328. The average molecular weight is 236 g/mol. The molecule has 2 rings (SSSR count). The Morgan fingerprint density at radius 2 is 2.24 bits per heavy atom. The third kappa shape index (κ3) is 3.54. The lowest BCUT2D eigenvalue weighted by Gasteiger charge is -2.14. The van der Waals surface area contributed by atoms with Crippen LogP contribution in [0.2, 0.25) is 0 Å². The van der Waals surface area contributed by atoms with Gasteiger partial charge in [0.25, 0.3) is 0 Å². The molecule has 1 aromatic heterocycles. The summed E-state index contributed by atoms with van der Waals surface area (Å²) >= 11 is 0. The molecule has 0 aromatic carbocycles. The second-order valence-electron chi connectivity index (χ2n) is 5.11. The van der Waals surface area contributed by atoms with Crippen LogP contribution < -0.4 is 5.73 Å². The quantitative estimate of drug-likeness (QED) is 0.819. The molecule has 1 fully saturated rings. The average Bonchev–Trinajstić information content (AvgIpc) is 2.95. The van der Waals surface area contributed by atoms with Crippen LogP contribution in [0, 0.1) is 0 Å². The Morgan fingerprint density at radius 3 is 2.94 bits per heavy atom. The van der Waals surface area contributed by atoms with Crippen molar-refractivity contribution >= 4 is 0 Å². The van der Waals surface area contributed by atoms with Crippen LogP contribution in [0.4, 0.5) is 0 Å². The van der Waals surface area contributed by atoms with Gasteiger partial charge in [-0.3, -0.25) is 4.68 Å². The van der Waals surface area contributed by atoms with E-state index in [0.29, 0.717) is 6.04 Å². The Balaban J connectivity index is 1.84. The lowest BCUT2D eigenvalue weighted by Crippen LogP contribution is -2.21. The summed E-state index contributed by atoms with van der Waals surface area (Å²) in [5.41, 5.74) is 6.69. The van der Waals surface area contributed by atoms with Gasteiger partial charge < -0.3 is 10.6 Å². The van der Waals surface area contributed by atoms with Gasteiger partial charge in [-0.15, -0.1) is 0 Å². The molecule has 4 heteroatoms. The third-order valence-electron chi connectivity index (χ3n) is 3.54. The summed E-state index contributed by atoms with van der Waals surface area (Å²) in [6.07, 6.45) is 8.50. The molecule has 1 saturated carbocycles. The van der Waals surface area contributed by atoms with E-state index in [2.05, 4.69) is 34.0 Å². The summed E-state index contributed by atoms with van der Waals surface area (Å²) in [7, 11) is 2.13. The lowest BCUT2D eigenvalue weighted by atomic mass is 10.3. The molecule has 0 unspecified atom stereocenters. The molecule has 17 heavy (non-hydrogen) atoms. The van der Waals surface area contributed by atoms with E-state index in [1.807, 2.05) is 0 Å². The maximum Gasteiger partial charge on any atom is 0.0764 e. The first-order valence-corrected chi connectivity index (χ1v) is 6.72. The second-order valence-corrected chi connectivity index (χ2v) is 5.11. The van der Waals surface area contributed by atoms with Gasteiger partial charge in [0.2, 0.25) is 0 Å². The van der Waals surface area contributed by atoms with Crippen molar-refractivity contribution in [2.24, 2.45) is 5.73 Å². The van der Waals surface area contributed by atoms with Gasteiger partial charge in [0.05, 0.1) is 11.7 Å². The summed E-state index contributed by atoms with van der Waals surface area (Å²) in [5, 5.41) is 4.68. The van der Waals surface area contributed by atoms with E-state index in [0.717, 1.165) is 26.1 Å². The maximum atomic E-state index is 5.51. The van der Waals surface area contributed by atoms with Crippen LogP contribution in [0.5, 0.6) is 0 Å². The number of nitrogens with zero attached hydrogens (tertiary/aromatic N) is 3. The fourth-order valence-electron chi connectivity index (χ4n) is 2.55. The molecule has 1 aliphatic carbocycles. The van der Waals surface area contributed by atoms with E-state index in [1.54, 1.807) is 0 Å². The lowest BCUT2D eigenvalue weighted by molar-refractivity contribution is 0.317. The third-order valence-corrected chi connectivity index (χ3v) is 3.54. The highest BCUT2D eigenvalue weighted by atomic mass is 15.3. The van der Waals surface area contributed by atoms with Crippen molar-refractivity contribution in [2.45, 2.75) is 44.7 Å². The van der Waals surface area contributed by atoms with Crippen molar-refractivity contribution in [1.82, 2.24) is 14.7 Å². The molecule has 4 nitrogen and oxygen atoms in total. The highest BCUT2D eigenvalue weighted by molar-refractivity contribution is 5.00. The second kappa shape index (κ2) is 6.17. The molecule has 0 radical (unpaired) electrons. The van der Waals surface area contributed by atoms with Crippen molar-refractivity contribution in [2.75, 3.05) is 20.1 Å². The van der Waals surface area contributed by atoms with Crippen LogP contribution in [-0.4, -0.2) is 34.8 Å². The van der Waals surface area contributed by atoms with Crippen LogP contribution in [0.1, 0.15) is 43.8 Å². The minimum Gasteiger partial charge on any atom is -0.330 e. The minimum atomic E-state index is 0.651. The highest BCUT2D eigenvalue weighted by Gasteiger charge is 2.17. The zero-order valence-electron chi connectivity index (χ0n) is 10.8. The fraction of sp³-hybridized carbons (Fsp3) is 0.769. The van der Waals surface area contributed by atoms with Crippen LogP contribution in [-0.2, 0) is 6.54 Å².